The Morgan fingerprint density at radius 2 is 1.75 bits per heavy atom. The van der Waals surface area contributed by atoms with E-state index in [1.54, 1.807) is 6.92 Å². The molecule has 0 N–H and O–H groups in total. The van der Waals surface area contributed by atoms with Crippen molar-refractivity contribution in [3.05, 3.63) is 0 Å². The monoisotopic (exact) mass is 222 g/mol. The number of fused-ring (bicyclic) bond motifs is 1. The summed E-state index contributed by atoms with van der Waals surface area (Å²) in [5, 5.41) is 0. The summed E-state index contributed by atoms with van der Waals surface area (Å²) >= 11 is 0. The van der Waals surface area contributed by atoms with Gasteiger partial charge in [0, 0.05) is 5.92 Å². The van der Waals surface area contributed by atoms with E-state index in [1.165, 1.54) is 19.3 Å². The number of carbonyl (C=O) groups is 1. The molecule has 0 amide bonds. The minimum Gasteiger partial charge on any atom is -0.300 e. The molecule has 2 saturated carbocycles. The van der Waals surface area contributed by atoms with Gasteiger partial charge in [0.25, 0.3) is 0 Å². The predicted octanol–water partition coefficient (Wildman–Crippen LogP) is 4.06. The molecular weight excluding hydrogens is 196 g/mol. The molecule has 0 heterocycles. The Hall–Kier alpha value is -0.330. The Morgan fingerprint density at radius 1 is 1.12 bits per heavy atom. The van der Waals surface area contributed by atoms with Crippen molar-refractivity contribution in [2.45, 2.75) is 59.8 Å². The Balaban J connectivity index is 2.04. The molecule has 0 aromatic rings. The molecule has 0 aromatic carbocycles. The smallest absolute Gasteiger partial charge is 0.132 e. The van der Waals surface area contributed by atoms with E-state index in [2.05, 4.69) is 20.8 Å². The predicted molar refractivity (Wildman–Crippen MR) is 67.2 cm³/mol. The summed E-state index contributed by atoms with van der Waals surface area (Å²) in [6.45, 7) is 8.99. The van der Waals surface area contributed by atoms with Crippen LogP contribution in [-0.2, 0) is 4.79 Å². The molecule has 0 aromatic heterocycles. The molecule has 0 aliphatic heterocycles. The third kappa shape index (κ3) is 2.06. The third-order valence-corrected chi connectivity index (χ3v) is 5.38. The second kappa shape index (κ2) is 4.16. The SMILES string of the molecule is CC(=O)[C@@H]1CC[C@@H]2[C@@H](CC2(C)C)[C@@H](C)CC1. The highest BCUT2D eigenvalue weighted by Gasteiger charge is 2.49. The van der Waals surface area contributed by atoms with Gasteiger partial charge >= 0.3 is 0 Å². The van der Waals surface area contributed by atoms with Crippen LogP contribution in [0.2, 0.25) is 0 Å². The van der Waals surface area contributed by atoms with Gasteiger partial charge in [0.05, 0.1) is 0 Å². The van der Waals surface area contributed by atoms with Gasteiger partial charge in [-0.2, -0.15) is 0 Å². The maximum Gasteiger partial charge on any atom is 0.132 e. The second-order valence-electron chi connectivity index (χ2n) is 6.90. The highest BCUT2D eigenvalue weighted by molar-refractivity contribution is 5.78. The summed E-state index contributed by atoms with van der Waals surface area (Å²) in [4.78, 5) is 11.5. The van der Waals surface area contributed by atoms with Crippen molar-refractivity contribution in [2.75, 3.05) is 0 Å². The van der Waals surface area contributed by atoms with Gasteiger partial charge in [-0.15, -0.1) is 0 Å². The molecule has 0 spiro atoms. The van der Waals surface area contributed by atoms with Crippen LogP contribution in [0.4, 0.5) is 0 Å². The summed E-state index contributed by atoms with van der Waals surface area (Å²) in [6.07, 6.45) is 6.24. The topological polar surface area (TPSA) is 17.1 Å². The number of rotatable bonds is 1. The van der Waals surface area contributed by atoms with Crippen molar-refractivity contribution >= 4 is 5.78 Å². The van der Waals surface area contributed by atoms with Crippen LogP contribution in [0.25, 0.3) is 0 Å². The third-order valence-electron chi connectivity index (χ3n) is 5.38. The zero-order valence-electron chi connectivity index (χ0n) is 11.3. The zero-order chi connectivity index (χ0) is 11.9. The van der Waals surface area contributed by atoms with Gasteiger partial charge in [0.15, 0.2) is 0 Å². The Morgan fingerprint density at radius 3 is 2.31 bits per heavy atom. The van der Waals surface area contributed by atoms with Crippen LogP contribution in [0.15, 0.2) is 0 Å². The molecule has 0 saturated heterocycles. The van der Waals surface area contributed by atoms with Crippen LogP contribution in [0.1, 0.15) is 59.8 Å². The second-order valence-corrected chi connectivity index (χ2v) is 6.90. The fourth-order valence-electron chi connectivity index (χ4n) is 4.13. The van der Waals surface area contributed by atoms with E-state index in [-0.39, 0.29) is 0 Å². The van der Waals surface area contributed by atoms with E-state index in [1.807, 2.05) is 0 Å². The first-order valence-electron chi connectivity index (χ1n) is 6.92. The van der Waals surface area contributed by atoms with Gasteiger partial charge in [-0.3, -0.25) is 4.79 Å². The van der Waals surface area contributed by atoms with Crippen molar-refractivity contribution in [1.82, 2.24) is 0 Å². The number of Topliss-reactive ketones (excluding diaryl/α,β-unsaturated/α-hetero) is 1. The van der Waals surface area contributed by atoms with Crippen molar-refractivity contribution in [3.8, 4) is 0 Å². The number of hydrogen-bond acceptors (Lipinski definition) is 1. The average Bonchev–Trinajstić information content (AvgIpc) is 2.16. The Kier molecular flexibility index (Phi) is 3.16. The zero-order valence-corrected chi connectivity index (χ0v) is 11.3. The summed E-state index contributed by atoms with van der Waals surface area (Å²) in [7, 11) is 0. The minimum atomic E-state index is 0.361. The first-order valence-corrected chi connectivity index (χ1v) is 6.92. The maximum absolute atomic E-state index is 11.5. The van der Waals surface area contributed by atoms with E-state index >= 15 is 0 Å². The molecule has 1 nitrogen and oxygen atoms in total. The summed E-state index contributed by atoms with van der Waals surface area (Å²) in [5.74, 6) is 3.44. The molecule has 92 valence electrons. The average molecular weight is 222 g/mol. The van der Waals surface area contributed by atoms with Gasteiger partial charge < -0.3 is 0 Å². The molecule has 2 fully saturated rings. The van der Waals surface area contributed by atoms with Gasteiger partial charge in [-0.05, 0) is 62.2 Å². The Labute approximate surface area is 100.0 Å². The van der Waals surface area contributed by atoms with Crippen molar-refractivity contribution < 1.29 is 4.79 Å². The molecule has 0 radical (unpaired) electrons. The van der Waals surface area contributed by atoms with E-state index < -0.39 is 0 Å². The molecule has 2 aliphatic rings. The number of hydrogen-bond donors (Lipinski definition) is 0. The summed E-state index contributed by atoms with van der Waals surface area (Å²) < 4.78 is 0. The standard InChI is InChI=1S/C15H26O/c1-10-5-6-12(11(2)16)7-8-14-13(10)9-15(14,3)4/h10,12-14H,5-9H2,1-4H3/t10-,12-,13-,14+/m0/s1. The van der Waals surface area contributed by atoms with Gasteiger partial charge in [0.1, 0.15) is 5.78 Å². The fourth-order valence-corrected chi connectivity index (χ4v) is 4.13. The molecule has 4 atom stereocenters. The summed E-state index contributed by atoms with van der Waals surface area (Å²) in [5.41, 5.74) is 0.539. The van der Waals surface area contributed by atoms with Crippen LogP contribution in [0.5, 0.6) is 0 Å². The lowest BCUT2D eigenvalue weighted by Gasteiger charge is -2.55. The lowest BCUT2D eigenvalue weighted by Crippen LogP contribution is -2.47. The largest absolute Gasteiger partial charge is 0.300 e. The highest BCUT2D eigenvalue weighted by atomic mass is 16.1. The first kappa shape index (κ1) is 12.1. The quantitative estimate of drug-likeness (QED) is 0.654. The van der Waals surface area contributed by atoms with Crippen LogP contribution in [0.3, 0.4) is 0 Å². The lowest BCUT2D eigenvalue weighted by molar-refractivity contribution is -0.123. The van der Waals surface area contributed by atoms with Crippen LogP contribution in [-0.4, -0.2) is 5.78 Å². The minimum absolute atomic E-state index is 0.361. The van der Waals surface area contributed by atoms with Gasteiger partial charge in [-0.1, -0.05) is 20.8 Å². The van der Waals surface area contributed by atoms with Crippen LogP contribution >= 0.6 is 0 Å². The number of ketones is 1. The molecule has 2 aliphatic carbocycles. The number of carbonyl (C=O) groups excluding carboxylic acids is 1. The molecular formula is C15H26O. The maximum atomic E-state index is 11.5. The normalized spacial score (nSPS) is 42.5. The Bertz CT molecular complexity index is 279. The molecule has 0 bridgehead atoms. The first-order chi connectivity index (χ1) is 7.42. The van der Waals surface area contributed by atoms with Crippen molar-refractivity contribution in [1.29, 1.82) is 0 Å². The van der Waals surface area contributed by atoms with E-state index in [9.17, 15) is 4.79 Å². The van der Waals surface area contributed by atoms with E-state index in [0.717, 1.165) is 30.6 Å². The fraction of sp³-hybridized carbons (Fsp3) is 0.933. The highest BCUT2D eigenvalue weighted by Crippen LogP contribution is 2.57. The molecule has 16 heavy (non-hydrogen) atoms. The molecule has 1 heteroatoms. The van der Waals surface area contributed by atoms with E-state index in [4.69, 9.17) is 0 Å². The molecule has 2 rings (SSSR count). The van der Waals surface area contributed by atoms with Gasteiger partial charge in [0.2, 0.25) is 0 Å². The van der Waals surface area contributed by atoms with Crippen LogP contribution < -0.4 is 0 Å². The van der Waals surface area contributed by atoms with Crippen LogP contribution in [0, 0.1) is 29.1 Å². The van der Waals surface area contributed by atoms with Gasteiger partial charge in [-0.25, -0.2) is 0 Å². The summed E-state index contributed by atoms with van der Waals surface area (Å²) in [6, 6.07) is 0. The lowest BCUT2D eigenvalue weighted by atomic mass is 9.49. The van der Waals surface area contributed by atoms with Crippen molar-refractivity contribution in [3.63, 3.8) is 0 Å². The van der Waals surface area contributed by atoms with Crippen molar-refractivity contribution in [2.24, 2.45) is 29.1 Å². The van der Waals surface area contributed by atoms with E-state index in [0.29, 0.717) is 17.1 Å². The molecule has 0 unspecified atom stereocenters.